The third-order valence-electron chi connectivity index (χ3n) is 2.91. The summed E-state index contributed by atoms with van der Waals surface area (Å²) in [5.41, 5.74) is 1.67. The van der Waals surface area contributed by atoms with E-state index in [1.807, 2.05) is 0 Å². The molecule has 2 aromatic heterocycles. The first kappa shape index (κ1) is 12.8. The monoisotopic (exact) mass is 247 g/mol. The molecule has 18 heavy (non-hydrogen) atoms. The van der Waals surface area contributed by atoms with Crippen LogP contribution in [0.2, 0.25) is 0 Å². The zero-order valence-corrected chi connectivity index (χ0v) is 11.2. The van der Waals surface area contributed by atoms with Gasteiger partial charge in [0, 0.05) is 13.0 Å². The van der Waals surface area contributed by atoms with Crippen molar-refractivity contribution in [1.82, 2.24) is 19.9 Å². The van der Waals surface area contributed by atoms with Crippen molar-refractivity contribution in [2.24, 2.45) is 0 Å². The van der Waals surface area contributed by atoms with Crippen LogP contribution in [0.4, 0.5) is 5.82 Å². The van der Waals surface area contributed by atoms with E-state index in [0.29, 0.717) is 0 Å². The largest absolute Gasteiger partial charge is 0.368 e. The van der Waals surface area contributed by atoms with Crippen molar-refractivity contribution in [3.05, 3.63) is 12.2 Å². The zero-order chi connectivity index (χ0) is 12.8. The Hall–Kier alpha value is -1.65. The van der Waals surface area contributed by atoms with Gasteiger partial charge < -0.3 is 10.3 Å². The fourth-order valence-corrected chi connectivity index (χ4v) is 1.84. The van der Waals surface area contributed by atoms with Crippen molar-refractivity contribution < 1.29 is 0 Å². The summed E-state index contributed by atoms with van der Waals surface area (Å²) in [4.78, 5) is 16.4. The Labute approximate surface area is 107 Å². The average molecular weight is 247 g/mol. The van der Waals surface area contributed by atoms with Crippen molar-refractivity contribution in [2.45, 2.75) is 46.0 Å². The Morgan fingerprint density at radius 3 is 2.78 bits per heavy atom. The minimum Gasteiger partial charge on any atom is -0.368 e. The van der Waals surface area contributed by atoms with Crippen LogP contribution in [0.1, 0.15) is 45.4 Å². The van der Waals surface area contributed by atoms with Crippen molar-refractivity contribution >= 4 is 17.0 Å². The number of hydrogen-bond acceptors (Lipinski definition) is 4. The topological polar surface area (TPSA) is 66.5 Å². The van der Waals surface area contributed by atoms with Gasteiger partial charge in [0.25, 0.3) is 0 Å². The molecular weight excluding hydrogens is 226 g/mol. The number of unbranched alkanes of at least 4 members (excludes halogenated alkanes) is 2. The summed E-state index contributed by atoms with van der Waals surface area (Å²) in [6.07, 6.45) is 7.18. The Kier molecular flexibility index (Phi) is 4.50. The van der Waals surface area contributed by atoms with Crippen LogP contribution in [0, 0.1) is 0 Å². The number of aromatic amines is 1. The quantitative estimate of drug-likeness (QED) is 0.738. The van der Waals surface area contributed by atoms with E-state index in [4.69, 9.17) is 0 Å². The summed E-state index contributed by atoms with van der Waals surface area (Å²) in [7, 11) is 0. The third kappa shape index (κ3) is 2.97. The summed E-state index contributed by atoms with van der Waals surface area (Å²) in [6.45, 7) is 5.29. The fraction of sp³-hybridized carbons (Fsp3) is 0.615. The second kappa shape index (κ2) is 6.33. The predicted molar refractivity (Wildman–Crippen MR) is 73.7 cm³/mol. The highest BCUT2D eigenvalue weighted by molar-refractivity contribution is 5.82. The molecule has 0 aromatic carbocycles. The summed E-state index contributed by atoms with van der Waals surface area (Å²) >= 11 is 0. The first-order chi connectivity index (χ1) is 8.85. The van der Waals surface area contributed by atoms with Gasteiger partial charge in [-0.2, -0.15) is 0 Å². The van der Waals surface area contributed by atoms with Gasteiger partial charge >= 0.3 is 0 Å². The standard InChI is InChI=1S/C13H21N5/c1-3-5-7-10-17-12(14-8-6-4-2)11-13(18-10)16-9-15-11/h9H,3-8H2,1-2H3,(H2,14,15,16,17,18). The molecule has 2 rings (SSSR count). The van der Waals surface area contributed by atoms with Crippen molar-refractivity contribution in [1.29, 1.82) is 0 Å². The molecule has 0 atom stereocenters. The second-order valence-corrected chi connectivity index (χ2v) is 4.47. The van der Waals surface area contributed by atoms with E-state index in [1.165, 1.54) is 6.42 Å². The molecule has 2 N–H and O–H groups in total. The summed E-state index contributed by atoms with van der Waals surface area (Å²) in [5, 5.41) is 3.37. The molecule has 0 bridgehead atoms. The Morgan fingerprint density at radius 2 is 2.00 bits per heavy atom. The lowest BCUT2D eigenvalue weighted by molar-refractivity contribution is 0.755. The number of hydrogen-bond donors (Lipinski definition) is 2. The number of nitrogens with zero attached hydrogens (tertiary/aromatic N) is 3. The van der Waals surface area contributed by atoms with Gasteiger partial charge in [0.15, 0.2) is 11.5 Å². The first-order valence-electron chi connectivity index (χ1n) is 6.79. The minimum atomic E-state index is 0.759. The van der Waals surface area contributed by atoms with Gasteiger partial charge in [-0.1, -0.05) is 26.7 Å². The van der Waals surface area contributed by atoms with E-state index < -0.39 is 0 Å². The molecule has 0 radical (unpaired) electrons. The number of aromatic nitrogens is 4. The van der Waals surface area contributed by atoms with E-state index in [1.54, 1.807) is 6.33 Å². The summed E-state index contributed by atoms with van der Waals surface area (Å²) in [5.74, 6) is 1.77. The molecule has 5 heteroatoms. The number of fused-ring (bicyclic) bond motifs is 1. The van der Waals surface area contributed by atoms with Gasteiger partial charge in [-0.25, -0.2) is 15.0 Å². The van der Waals surface area contributed by atoms with Crippen LogP contribution < -0.4 is 5.32 Å². The van der Waals surface area contributed by atoms with E-state index in [2.05, 4.69) is 39.1 Å². The van der Waals surface area contributed by atoms with E-state index >= 15 is 0 Å². The highest BCUT2D eigenvalue weighted by Crippen LogP contribution is 2.17. The molecule has 0 aliphatic carbocycles. The molecule has 0 fully saturated rings. The third-order valence-corrected chi connectivity index (χ3v) is 2.91. The second-order valence-electron chi connectivity index (χ2n) is 4.47. The normalized spacial score (nSPS) is 11.0. The van der Waals surface area contributed by atoms with E-state index in [9.17, 15) is 0 Å². The van der Waals surface area contributed by atoms with Crippen molar-refractivity contribution in [3.63, 3.8) is 0 Å². The molecular formula is C13H21N5. The van der Waals surface area contributed by atoms with E-state index in [0.717, 1.165) is 55.0 Å². The van der Waals surface area contributed by atoms with Crippen LogP contribution in [-0.2, 0) is 6.42 Å². The highest BCUT2D eigenvalue weighted by atomic mass is 15.1. The Balaban J connectivity index is 2.21. The van der Waals surface area contributed by atoms with Gasteiger partial charge in [0.2, 0.25) is 0 Å². The van der Waals surface area contributed by atoms with Crippen LogP contribution in [0.5, 0.6) is 0 Å². The van der Waals surface area contributed by atoms with Crippen LogP contribution in [0.3, 0.4) is 0 Å². The average Bonchev–Trinajstić information content (AvgIpc) is 2.85. The van der Waals surface area contributed by atoms with Crippen molar-refractivity contribution in [3.8, 4) is 0 Å². The maximum Gasteiger partial charge on any atom is 0.183 e. The molecule has 0 aliphatic rings. The van der Waals surface area contributed by atoms with Gasteiger partial charge in [-0.15, -0.1) is 0 Å². The number of rotatable bonds is 7. The fourth-order valence-electron chi connectivity index (χ4n) is 1.84. The van der Waals surface area contributed by atoms with E-state index in [-0.39, 0.29) is 0 Å². The molecule has 0 unspecified atom stereocenters. The number of H-pyrrole nitrogens is 1. The maximum atomic E-state index is 4.59. The van der Waals surface area contributed by atoms with Gasteiger partial charge in [0.1, 0.15) is 11.3 Å². The first-order valence-corrected chi connectivity index (χ1v) is 6.79. The maximum absolute atomic E-state index is 4.59. The highest BCUT2D eigenvalue weighted by Gasteiger charge is 2.09. The van der Waals surface area contributed by atoms with Crippen LogP contribution in [-0.4, -0.2) is 26.5 Å². The number of anilines is 1. The lowest BCUT2D eigenvalue weighted by Crippen LogP contribution is -2.07. The van der Waals surface area contributed by atoms with Gasteiger partial charge in [0.05, 0.1) is 6.33 Å². The van der Waals surface area contributed by atoms with Crippen LogP contribution in [0.15, 0.2) is 6.33 Å². The summed E-state index contributed by atoms with van der Waals surface area (Å²) in [6, 6.07) is 0. The minimum absolute atomic E-state index is 0.759. The lowest BCUT2D eigenvalue weighted by atomic mass is 10.2. The lowest BCUT2D eigenvalue weighted by Gasteiger charge is -2.07. The number of aryl methyl sites for hydroxylation is 1. The van der Waals surface area contributed by atoms with Crippen LogP contribution in [0.25, 0.3) is 11.2 Å². The SMILES string of the molecule is CCCCNc1nc(CCCC)nc2nc[nH]c12. The Morgan fingerprint density at radius 1 is 1.17 bits per heavy atom. The molecule has 0 aliphatic heterocycles. The molecule has 98 valence electrons. The number of imidazole rings is 1. The molecule has 0 saturated carbocycles. The zero-order valence-electron chi connectivity index (χ0n) is 11.2. The molecule has 2 heterocycles. The van der Waals surface area contributed by atoms with Gasteiger partial charge in [-0.05, 0) is 12.8 Å². The smallest absolute Gasteiger partial charge is 0.183 e. The van der Waals surface area contributed by atoms with Gasteiger partial charge in [-0.3, -0.25) is 0 Å². The predicted octanol–water partition coefficient (Wildman–Crippen LogP) is 2.91. The summed E-state index contributed by atoms with van der Waals surface area (Å²) < 4.78 is 0. The molecule has 0 spiro atoms. The van der Waals surface area contributed by atoms with Crippen molar-refractivity contribution in [2.75, 3.05) is 11.9 Å². The molecule has 2 aromatic rings. The number of nitrogens with one attached hydrogen (secondary N) is 2. The molecule has 0 amide bonds. The van der Waals surface area contributed by atoms with Crippen LogP contribution >= 0.6 is 0 Å². The molecule has 5 nitrogen and oxygen atoms in total. The molecule has 0 saturated heterocycles. The Bertz CT molecular complexity index is 491.